The number of hydrogen-bond acceptors (Lipinski definition) is 3. The van der Waals surface area contributed by atoms with Gasteiger partial charge in [-0.2, -0.15) is 0 Å². The Morgan fingerprint density at radius 1 is 1.32 bits per heavy atom. The van der Waals surface area contributed by atoms with Crippen molar-refractivity contribution in [2.24, 2.45) is 23.2 Å². The molecule has 3 atom stereocenters. The first-order chi connectivity index (χ1) is 13.3. The molecule has 4 rings (SSSR count). The summed E-state index contributed by atoms with van der Waals surface area (Å²) in [5.41, 5.74) is 3.18. The molecular weight excluding hydrogens is 350 g/mol. The third kappa shape index (κ3) is 3.45. The van der Waals surface area contributed by atoms with E-state index in [1.807, 2.05) is 36.6 Å². The number of fused-ring (bicyclic) bond motifs is 3. The number of hydrogen-bond donors (Lipinski definition) is 2. The normalized spacial score (nSPS) is 31.0. The molecular formula is C23H33N3O2. The molecule has 5 heteroatoms. The van der Waals surface area contributed by atoms with Gasteiger partial charge in [-0.15, -0.1) is 0 Å². The Hall–Kier alpha value is -1.88. The summed E-state index contributed by atoms with van der Waals surface area (Å²) in [4.78, 5) is 17.7. The van der Waals surface area contributed by atoms with Gasteiger partial charge in [0.05, 0.1) is 18.2 Å². The molecule has 0 aliphatic heterocycles. The van der Waals surface area contributed by atoms with Gasteiger partial charge in [-0.05, 0) is 81.3 Å². The summed E-state index contributed by atoms with van der Waals surface area (Å²) in [7, 11) is 0. The molecule has 2 aliphatic rings. The number of rotatable bonds is 4. The number of nitrogens with zero attached hydrogens (tertiary/aromatic N) is 2. The first-order valence-corrected chi connectivity index (χ1v) is 10.7. The number of aliphatic hydroxyl groups is 1. The van der Waals surface area contributed by atoms with Crippen LogP contribution in [-0.2, 0) is 0 Å². The third-order valence-corrected chi connectivity index (χ3v) is 7.16. The SMILES string of the molecule is Cc1cc(C)n2ccc(C(=O)NC(CO)C3(C)CC4CC(C)CC(C4)C3)c2n1. The lowest BCUT2D eigenvalue weighted by atomic mass is 9.57. The maximum atomic E-state index is 13.1. The Balaban J connectivity index is 1.56. The van der Waals surface area contributed by atoms with Crippen molar-refractivity contribution in [3.05, 3.63) is 35.3 Å². The van der Waals surface area contributed by atoms with Crippen molar-refractivity contribution in [1.29, 1.82) is 0 Å². The van der Waals surface area contributed by atoms with Crippen molar-refractivity contribution >= 4 is 11.6 Å². The summed E-state index contributed by atoms with van der Waals surface area (Å²) < 4.78 is 1.95. The van der Waals surface area contributed by atoms with E-state index in [4.69, 9.17) is 0 Å². The first kappa shape index (κ1) is 19.4. The Bertz CT molecular complexity index is 869. The van der Waals surface area contributed by atoms with Gasteiger partial charge in [0.15, 0.2) is 0 Å². The lowest BCUT2D eigenvalue weighted by Gasteiger charge is -2.50. The Morgan fingerprint density at radius 2 is 2.00 bits per heavy atom. The minimum atomic E-state index is -0.223. The molecule has 28 heavy (non-hydrogen) atoms. The van der Waals surface area contributed by atoms with Crippen molar-refractivity contribution in [2.75, 3.05) is 6.61 Å². The van der Waals surface area contributed by atoms with E-state index in [0.29, 0.717) is 11.2 Å². The molecule has 5 nitrogen and oxygen atoms in total. The van der Waals surface area contributed by atoms with Crippen LogP contribution >= 0.6 is 0 Å². The molecule has 2 aliphatic carbocycles. The predicted octanol–water partition coefficient (Wildman–Crippen LogP) is 3.89. The minimum absolute atomic E-state index is 0.0193. The van der Waals surface area contributed by atoms with Gasteiger partial charge in [-0.3, -0.25) is 4.79 Å². The van der Waals surface area contributed by atoms with Crippen LogP contribution in [0.3, 0.4) is 0 Å². The van der Waals surface area contributed by atoms with Crippen LogP contribution < -0.4 is 5.32 Å². The molecule has 0 spiro atoms. The van der Waals surface area contributed by atoms with Crippen molar-refractivity contribution in [3.63, 3.8) is 0 Å². The average Bonchev–Trinajstić information content (AvgIpc) is 3.02. The lowest BCUT2D eigenvalue weighted by Crippen LogP contribution is -2.52. The van der Waals surface area contributed by atoms with Gasteiger partial charge in [-0.25, -0.2) is 4.98 Å². The molecule has 152 valence electrons. The van der Waals surface area contributed by atoms with Crippen LogP contribution in [0.4, 0.5) is 0 Å². The number of nitrogens with one attached hydrogen (secondary N) is 1. The first-order valence-electron chi connectivity index (χ1n) is 10.7. The van der Waals surface area contributed by atoms with Crippen LogP contribution in [0.2, 0.25) is 0 Å². The van der Waals surface area contributed by atoms with E-state index >= 15 is 0 Å². The van der Waals surface area contributed by atoms with Crippen LogP contribution in [0.15, 0.2) is 18.3 Å². The van der Waals surface area contributed by atoms with E-state index in [1.54, 1.807) is 0 Å². The standard InChI is InChI=1S/C23H33N3O2/c1-14-7-17-10-18(8-14)12-23(4,11-17)20(13-27)25-22(28)19-5-6-26-16(3)9-15(2)24-21(19)26/h5-6,9,14,17-18,20,27H,7-8,10-13H2,1-4H3,(H,25,28). The molecule has 2 fully saturated rings. The van der Waals surface area contributed by atoms with Crippen molar-refractivity contribution < 1.29 is 9.90 Å². The minimum Gasteiger partial charge on any atom is -0.394 e. The predicted molar refractivity (Wildman–Crippen MR) is 110 cm³/mol. The summed E-state index contributed by atoms with van der Waals surface area (Å²) in [6.45, 7) is 8.56. The highest BCUT2D eigenvalue weighted by molar-refractivity contribution is 6.00. The monoisotopic (exact) mass is 383 g/mol. The van der Waals surface area contributed by atoms with Crippen LogP contribution in [-0.4, -0.2) is 33.0 Å². The molecule has 2 saturated carbocycles. The second-order valence-corrected chi connectivity index (χ2v) is 9.78. The van der Waals surface area contributed by atoms with Crippen LogP contribution in [0, 0.1) is 37.0 Å². The molecule has 2 heterocycles. The number of carbonyl (C=O) groups is 1. The van der Waals surface area contributed by atoms with Gasteiger partial charge >= 0.3 is 0 Å². The number of aromatic nitrogens is 2. The van der Waals surface area contributed by atoms with Crippen molar-refractivity contribution in [2.45, 2.75) is 65.8 Å². The van der Waals surface area contributed by atoms with Gasteiger partial charge in [0, 0.05) is 17.6 Å². The molecule has 2 N–H and O–H groups in total. The highest BCUT2D eigenvalue weighted by atomic mass is 16.3. The largest absolute Gasteiger partial charge is 0.394 e. The molecule has 1 amide bonds. The summed E-state index contributed by atoms with van der Waals surface area (Å²) in [6.07, 6.45) is 7.96. The van der Waals surface area contributed by atoms with E-state index in [-0.39, 0.29) is 24.0 Å². The van der Waals surface area contributed by atoms with E-state index in [0.717, 1.165) is 42.0 Å². The van der Waals surface area contributed by atoms with Crippen LogP contribution in [0.5, 0.6) is 0 Å². The average molecular weight is 384 g/mol. The van der Waals surface area contributed by atoms with Crippen molar-refractivity contribution in [3.8, 4) is 0 Å². The summed E-state index contributed by atoms with van der Waals surface area (Å²) in [5.74, 6) is 2.12. The molecule has 2 aromatic rings. The summed E-state index contributed by atoms with van der Waals surface area (Å²) >= 11 is 0. The number of aryl methyl sites for hydroxylation is 2. The topological polar surface area (TPSA) is 66.6 Å². The molecule has 2 aromatic heterocycles. The van der Waals surface area contributed by atoms with Gasteiger partial charge in [0.25, 0.3) is 5.91 Å². The van der Waals surface area contributed by atoms with E-state index in [2.05, 4.69) is 24.1 Å². The van der Waals surface area contributed by atoms with Gasteiger partial charge < -0.3 is 14.8 Å². The zero-order valence-corrected chi connectivity index (χ0v) is 17.5. The third-order valence-electron chi connectivity index (χ3n) is 7.16. The van der Waals surface area contributed by atoms with E-state index in [9.17, 15) is 9.90 Å². The molecule has 2 bridgehead atoms. The zero-order chi connectivity index (χ0) is 20.1. The number of aliphatic hydroxyl groups excluding tert-OH is 1. The lowest BCUT2D eigenvalue weighted by molar-refractivity contribution is 0.00506. The summed E-state index contributed by atoms with van der Waals surface area (Å²) in [5, 5.41) is 13.3. The highest BCUT2D eigenvalue weighted by Gasteiger charge is 2.45. The number of carbonyl (C=O) groups excluding carboxylic acids is 1. The van der Waals surface area contributed by atoms with Crippen LogP contribution in [0.25, 0.3) is 5.65 Å². The fourth-order valence-corrected chi connectivity index (χ4v) is 6.17. The quantitative estimate of drug-likeness (QED) is 0.842. The van der Waals surface area contributed by atoms with Gasteiger partial charge in [0.2, 0.25) is 0 Å². The maximum Gasteiger partial charge on any atom is 0.255 e. The Morgan fingerprint density at radius 3 is 2.64 bits per heavy atom. The van der Waals surface area contributed by atoms with E-state index < -0.39 is 0 Å². The fraction of sp³-hybridized carbons (Fsp3) is 0.652. The molecule has 0 saturated heterocycles. The van der Waals surface area contributed by atoms with E-state index in [1.165, 1.54) is 19.3 Å². The van der Waals surface area contributed by atoms with Crippen LogP contribution in [0.1, 0.15) is 67.7 Å². The summed E-state index contributed by atoms with van der Waals surface area (Å²) in [6, 6.07) is 3.62. The zero-order valence-electron chi connectivity index (χ0n) is 17.5. The fourth-order valence-electron chi connectivity index (χ4n) is 6.17. The second-order valence-electron chi connectivity index (χ2n) is 9.78. The molecule has 0 aromatic carbocycles. The molecule has 3 unspecified atom stereocenters. The van der Waals surface area contributed by atoms with Crippen molar-refractivity contribution in [1.82, 2.24) is 14.7 Å². The molecule has 0 radical (unpaired) electrons. The number of amides is 1. The maximum absolute atomic E-state index is 13.1. The Labute approximate surface area is 167 Å². The Kier molecular flexibility index (Phi) is 4.98. The second kappa shape index (κ2) is 7.18. The van der Waals surface area contributed by atoms with Gasteiger partial charge in [-0.1, -0.05) is 13.8 Å². The van der Waals surface area contributed by atoms with Gasteiger partial charge in [0.1, 0.15) is 5.65 Å². The smallest absolute Gasteiger partial charge is 0.255 e. The highest BCUT2D eigenvalue weighted by Crippen LogP contribution is 2.51.